The van der Waals surface area contributed by atoms with Gasteiger partial charge in [0.05, 0.1) is 18.0 Å². The molecule has 3 heterocycles. The molecule has 2 aliphatic rings. The lowest BCUT2D eigenvalue weighted by Crippen LogP contribution is -2.37. The highest BCUT2D eigenvalue weighted by Crippen LogP contribution is 2.30. The van der Waals surface area contributed by atoms with Crippen molar-refractivity contribution in [3.63, 3.8) is 0 Å². The molecule has 7 heteroatoms. The zero-order valence-corrected chi connectivity index (χ0v) is 19.5. The Balaban J connectivity index is 1.40. The second-order valence-electron chi connectivity index (χ2n) is 8.73. The summed E-state index contributed by atoms with van der Waals surface area (Å²) in [5.41, 5.74) is 3.90. The second kappa shape index (κ2) is 9.63. The van der Waals surface area contributed by atoms with Crippen molar-refractivity contribution in [2.45, 2.75) is 51.6 Å². The summed E-state index contributed by atoms with van der Waals surface area (Å²) in [5.74, 6) is 1.79. The number of rotatable bonds is 7. The first-order chi connectivity index (χ1) is 16.7. The SMILES string of the molecule is C=CC(=O)N1CCC[C@H]1Cn1nc(-c2ccc(OC3=CC(CC)=CCC3)cc2)c2cncnc21. The average molecular weight is 456 g/mol. The summed E-state index contributed by atoms with van der Waals surface area (Å²) in [7, 11) is 0. The van der Waals surface area contributed by atoms with Crippen molar-refractivity contribution >= 4 is 16.9 Å². The van der Waals surface area contributed by atoms with E-state index in [0.717, 1.165) is 72.4 Å². The summed E-state index contributed by atoms with van der Waals surface area (Å²) >= 11 is 0. The van der Waals surface area contributed by atoms with E-state index in [1.54, 1.807) is 12.5 Å². The Morgan fingerprint density at radius 3 is 2.94 bits per heavy atom. The lowest BCUT2D eigenvalue weighted by Gasteiger charge is -2.23. The summed E-state index contributed by atoms with van der Waals surface area (Å²) in [6.07, 6.45) is 14.0. The summed E-state index contributed by atoms with van der Waals surface area (Å²) in [4.78, 5) is 22.9. The molecule has 1 aliphatic carbocycles. The molecule has 0 bridgehead atoms. The zero-order valence-electron chi connectivity index (χ0n) is 19.5. The van der Waals surface area contributed by atoms with Crippen LogP contribution < -0.4 is 4.74 Å². The number of hydrogen-bond donors (Lipinski definition) is 0. The van der Waals surface area contributed by atoms with E-state index >= 15 is 0 Å². The minimum atomic E-state index is -0.0287. The molecule has 0 unspecified atom stereocenters. The minimum Gasteiger partial charge on any atom is -0.462 e. The fourth-order valence-corrected chi connectivity index (χ4v) is 4.79. The highest BCUT2D eigenvalue weighted by Gasteiger charge is 2.29. The molecule has 34 heavy (non-hydrogen) atoms. The number of allylic oxidation sites excluding steroid dienone is 4. The Labute approximate surface area is 199 Å². The van der Waals surface area contributed by atoms with Crippen LogP contribution in [0.15, 0.2) is 72.9 Å². The van der Waals surface area contributed by atoms with Gasteiger partial charge in [0.2, 0.25) is 5.91 Å². The Morgan fingerprint density at radius 2 is 2.15 bits per heavy atom. The molecule has 1 fully saturated rings. The summed E-state index contributed by atoms with van der Waals surface area (Å²) in [6.45, 7) is 7.15. The van der Waals surface area contributed by atoms with Crippen LogP contribution in [0.1, 0.15) is 39.0 Å². The number of aromatic nitrogens is 4. The number of amides is 1. The number of carbonyl (C=O) groups is 1. The normalized spacial score (nSPS) is 18.0. The van der Waals surface area contributed by atoms with Gasteiger partial charge in [-0.05, 0) is 67.7 Å². The van der Waals surface area contributed by atoms with Crippen LogP contribution in [0.5, 0.6) is 5.75 Å². The maximum Gasteiger partial charge on any atom is 0.246 e. The Kier molecular flexibility index (Phi) is 6.25. The molecule has 1 saturated heterocycles. The monoisotopic (exact) mass is 455 g/mol. The van der Waals surface area contributed by atoms with Gasteiger partial charge < -0.3 is 9.64 Å². The maximum absolute atomic E-state index is 12.2. The zero-order chi connectivity index (χ0) is 23.5. The van der Waals surface area contributed by atoms with Crippen LogP contribution in [0.3, 0.4) is 0 Å². The molecule has 2 aromatic heterocycles. The average Bonchev–Trinajstić information content (AvgIpc) is 3.49. The van der Waals surface area contributed by atoms with Crippen molar-refractivity contribution < 1.29 is 9.53 Å². The second-order valence-corrected chi connectivity index (χ2v) is 8.73. The number of benzene rings is 1. The molecule has 0 radical (unpaired) electrons. The van der Waals surface area contributed by atoms with Gasteiger partial charge >= 0.3 is 0 Å². The Bertz CT molecular complexity index is 1270. The van der Waals surface area contributed by atoms with Crippen LogP contribution in [-0.2, 0) is 11.3 Å². The number of likely N-dealkylation sites (tertiary alicyclic amines) is 1. The summed E-state index contributed by atoms with van der Waals surface area (Å²) in [6, 6.07) is 8.10. The number of nitrogens with zero attached hydrogens (tertiary/aromatic N) is 5. The van der Waals surface area contributed by atoms with Crippen molar-refractivity contribution in [2.75, 3.05) is 6.54 Å². The number of fused-ring (bicyclic) bond motifs is 1. The first kappa shape index (κ1) is 22.1. The van der Waals surface area contributed by atoms with Gasteiger partial charge in [-0.1, -0.05) is 19.6 Å². The third-order valence-electron chi connectivity index (χ3n) is 6.56. The van der Waals surface area contributed by atoms with Gasteiger partial charge in [-0.2, -0.15) is 5.10 Å². The van der Waals surface area contributed by atoms with Gasteiger partial charge in [-0.15, -0.1) is 0 Å². The van der Waals surface area contributed by atoms with Gasteiger partial charge in [0.1, 0.15) is 23.5 Å². The molecule has 7 nitrogen and oxygen atoms in total. The van der Waals surface area contributed by atoms with Crippen molar-refractivity contribution in [1.82, 2.24) is 24.6 Å². The molecule has 1 amide bonds. The number of carbonyl (C=O) groups excluding carboxylic acids is 1. The van der Waals surface area contributed by atoms with Crippen molar-refractivity contribution in [3.8, 4) is 17.0 Å². The quantitative estimate of drug-likeness (QED) is 0.466. The summed E-state index contributed by atoms with van der Waals surface area (Å²) in [5, 5.41) is 5.79. The van der Waals surface area contributed by atoms with Gasteiger partial charge in [0.25, 0.3) is 0 Å². The molecule has 1 aromatic carbocycles. The fourth-order valence-electron chi connectivity index (χ4n) is 4.79. The third-order valence-corrected chi connectivity index (χ3v) is 6.56. The Morgan fingerprint density at radius 1 is 1.29 bits per heavy atom. The van der Waals surface area contributed by atoms with E-state index in [2.05, 4.69) is 35.6 Å². The molecule has 174 valence electrons. The van der Waals surface area contributed by atoms with Crippen LogP contribution in [0.25, 0.3) is 22.3 Å². The van der Waals surface area contributed by atoms with E-state index in [-0.39, 0.29) is 11.9 Å². The molecule has 0 N–H and O–H groups in total. The van der Waals surface area contributed by atoms with E-state index in [0.29, 0.717) is 6.54 Å². The van der Waals surface area contributed by atoms with E-state index in [4.69, 9.17) is 9.84 Å². The van der Waals surface area contributed by atoms with E-state index in [1.165, 1.54) is 11.6 Å². The van der Waals surface area contributed by atoms with Crippen LogP contribution >= 0.6 is 0 Å². The predicted octanol–water partition coefficient (Wildman–Crippen LogP) is 5.06. The smallest absolute Gasteiger partial charge is 0.246 e. The molecular weight excluding hydrogens is 426 g/mol. The first-order valence-corrected chi connectivity index (χ1v) is 11.9. The largest absolute Gasteiger partial charge is 0.462 e. The molecule has 5 rings (SSSR count). The molecule has 3 aromatic rings. The number of hydrogen-bond acceptors (Lipinski definition) is 5. The minimum absolute atomic E-state index is 0.0287. The topological polar surface area (TPSA) is 73.1 Å². The van der Waals surface area contributed by atoms with Crippen LogP contribution in [0, 0.1) is 0 Å². The predicted molar refractivity (Wildman–Crippen MR) is 132 cm³/mol. The van der Waals surface area contributed by atoms with E-state index < -0.39 is 0 Å². The van der Waals surface area contributed by atoms with Crippen molar-refractivity contribution in [2.24, 2.45) is 0 Å². The van der Waals surface area contributed by atoms with Crippen LogP contribution in [-0.4, -0.2) is 43.1 Å². The lowest BCUT2D eigenvalue weighted by atomic mass is 10.0. The van der Waals surface area contributed by atoms with Crippen LogP contribution in [0.2, 0.25) is 0 Å². The first-order valence-electron chi connectivity index (χ1n) is 11.9. The maximum atomic E-state index is 12.2. The molecule has 0 spiro atoms. The molecule has 1 aliphatic heterocycles. The molecular formula is C27H29N5O2. The Hall–Kier alpha value is -3.74. The molecule has 0 saturated carbocycles. The van der Waals surface area contributed by atoms with E-state index in [1.807, 2.05) is 33.8 Å². The lowest BCUT2D eigenvalue weighted by molar-refractivity contribution is -0.127. The van der Waals surface area contributed by atoms with Gasteiger partial charge in [0.15, 0.2) is 5.65 Å². The summed E-state index contributed by atoms with van der Waals surface area (Å²) < 4.78 is 8.03. The highest BCUT2D eigenvalue weighted by atomic mass is 16.5. The van der Waals surface area contributed by atoms with Gasteiger partial charge in [0, 0.05) is 24.7 Å². The van der Waals surface area contributed by atoms with Gasteiger partial charge in [-0.25, -0.2) is 14.6 Å². The van der Waals surface area contributed by atoms with Crippen molar-refractivity contribution in [1.29, 1.82) is 0 Å². The van der Waals surface area contributed by atoms with Gasteiger partial charge in [-0.3, -0.25) is 4.79 Å². The highest BCUT2D eigenvalue weighted by molar-refractivity contribution is 5.90. The molecule has 1 atom stereocenters. The van der Waals surface area contributed by atoms with Crippen molar-refractivity contribution in [3.05, 3.63) is 72.9 Å². The standard InChI is InChI=1S/C27H29N5O2/c1-3-19-7-5-9-23(15-19)34-22-12-10-20(11-13-22)26-24-16-28-18-29-27(24)32(30-26)17-21-8-6-14-31(21)25(33)4-2/h4,7,10-13,15-16,18,21H,2-3,5-6,8-9,14,17H2,1H3/t21-/m0/s1. The van der Waals surface area contributed by atoms with Crippen LogP contribution in [0.4, 0.5) is 0 Å². The number of ether oxygens (including phenoxy) is 1. The van der Waals surface area contributed by atoms with E-state index in [9.17, 15) is 4.79 Å². The fraction of sp³-hybridized carbons (Fsp3) is 0.333. The third kappa shape index (κ3) is 4.38.